The first-order chi connectivity index (χ1) is 12.6. The Morgan fingerprint density at radius 1 is 1.08 bits per heavy atom. The Morgan fingerprint density at radius 3 is 2.31 bits per heavy atom. The zero-order chi connectivity index (χ0) is 18.1. The predicted octanol–water partition coefficient (Wildman–Crippen LogP) is 2.90. The molecule has 4 aliphatic carbocycles. The van der Waals surface area contributed by atoms with E-state index in [1.165, 1.54) is 19.3 Å². The van der Waals surface area contributed by atoms with Crippen molar-refractivity contribution in [3.8, 4) is 5.75 Å². The van der Waals surface area contributed by atoms with Crippen LogP contribution >= 0.6 is 0 Å². The van der Waals surface area contributed by atoms with E-state index >= 15 is 0 Å². The smallest absolute Gasteiger partial charge is 0.255 e. The largest absolute Gasteiger partial charge is 0.493 e. The number of hydrogen-bond donors (Lipinski definition) is 2. The third-order valence-corrected chi connectivity index (χ3v) is 6.28. The molecule has 0 spiro atoms. The highest BCUT2D eigenvalue weighted by Gasteiger charge is 2.51. The molecule has 5 nitrogen and oxygen atoms in total. The SMILES string of the molecule is CCOc1ccccc1C(=O)NCC(=O)NC12CC3CC(CC(C3)C1)C2. The van der Waals surface area contributed by atoms with Gasteiger partial charge in [-0.3, -0.25) is 9.59 Å². The Labute approximate surface area is 154 Å². The van der Waals surface area contributed by atoms with Gasteiger partial charge in [0.15, 0.2) is 0 Å². The Kier molecular flexibility index (Phi) is 4.63. The van der Waals surface area contributed by atoms with Crippen LogP contribution < -0.4 is 15.4 Å². The maximum Gasteiger partial charge on any atom is 0.255 e. The standard InChI is InChI=1S/C21H28N2O3/c1-2-26-18-6-4-3-5-17(18)20(25)22-13-19(24)23-21-10-14-7-15(11-21)9-16(8-14)12-21/h3-6,14-16H,2,7-13H2,1H3,(H,22,25)(H,23,24). The van der Waals surface area contributed by atoms with Crippen molar-refractivity contribution < 1.29 is 14.3 Å². The molecular formula is C21H28N2O3. The molecule has 0 aliphatic heterocycles. The van der Waals surface area contributed by atoms with Gasteiger partial charge in [-0.2, -0.15) is 0 Å². The van der Waals surface area contributed by atoms with Crippen LogP contribution in [0.15, 0.2) is 24.3 Å². The van der Waals surface area contributed by atoms with Crippen molar-refractivity contribution in [2.45, 2.75) is 51.0 Å². The molecule has 5 heteroatoms. The van der Waals surface area contributed by atoms with Gasteiger partial charge in [0.2, 0.25) is 5.91 Å². The molecule has 4 fully saturated rings. The van der Waals surface area contributed by atoms with Crippen LogP contribution in [0.3, 0.4) is 0 Å². The van der Waals surface area contributed by atoms with E-state index < -0.39 is 0 Å². The fourth-order valence-corrected chi connectivity index (χ4v) is 5.80. The monoisotopic (exact) mass is 356 g/mol. The van der Waals surface area contributed by atoms with Gasteiger partial charge in [0, 0.05) is 5.54 Å². The number of carbonyl (C=O) groups excluding carboxylic acids is 2. The molecule has 2 N–H and O–H groups in total. The molecule has 26 heavy (non-hydrogen) atoms. The van der Waals surface area contributed by atoms with Crippen molar-refractivity contribution >= 4 is 11.8 Å². The zero-order valence-electron chi connectivity index (χ0n) is 15.4. The van der Waals surface area contributed by atoms with Crippen molar-refractivity contribution in [1.82, 2.24) is 10.6 Å². The van der Waals surface area contributed by atoms with Gasteiger partial charge in [-0.1, -0.05) is 12.1 Å². The van der Waals surface area contributed by atoms with Crippen LogP contribution in [-0.4, -0.2) is 30.5 Å². The highest BCUT2D eigenvalue weighted by molar-refractivity contribution is 5.98. The van der Waals surface area contributed by atoms with E-state index in [0.29, 0.717) is 17.9 Å². The van der Waals surface area contributed by atoms with E-state index in [0.717, 1.165) is 37.0 Å². The summed E-state index contributed by atoms with van der Waals surface area (Å²) < 4.78 is 5.49. The number of nitrogens with one attached hydrogen (secondary N) is 2. The molecule has 1 aromatic rings. The number of benzene rings is 1. The lowest BCUT2D eigenvalue weighted by atomic mass is 9.53. The Balaban J connectivity index is 1.34. The highest BCUT2D eigenvalue weighted by atomic mass is 16.5. The van der Waals surface area contributed by atoms with Crippen LogP contribution in [0.5, 0.6) is 5.75 Å². The van der Waals surface area contributed by atoms with Gasteiger partial charge in [-0.05, 0) is 75.3 Å². The molecule has 0 atom stereocenters. The number of hydrogen-bond acceptors (Lipinski definition) is 3. The van der Waals surface area contributed by atoms with E-state index in [2.05, 4.69) is 10.6 Å². The van der Waals surface area contributed by atoms with Gasteiger partial charge in [-0.15, -0.1) is 0 Å². The first-order valence-corrected chi connectivity index (χ1v) is 9.88. The minimum Gasteiger partial charge on any atom is -0.493 e. The normalized spacial score (nSPS) is 31.5. The van der Waals surface area contributed by atoms with Crippen molar-refractivity contribution in [3.05, 3.63) is 29.8 Å². The van der Waals surface area contributed by atoms with Crippen LogP contribution in [0.1, 0.15) is 55.8 Å². The lowest BCUT2D eigenvalue weighted by Gasteiger charge is -2.56. The second-order valence-electron chi connectivity index (χ2n) is 8.36. The molecule has 0 aromatic heterocycles. The summed E-state index contributed by atoms with van der Waals surface area (Å²) in [6.45, 7) is 2.39. The van der Waals surface area contributed by atoms with Gasteiger partial charge >= 0.3 is 0 Å². The number of carbonyl (C=O) groups is 2. The van der Waals surface area contributed by atoms with Gasteiger partial charge in [0.1, 0.15) is 5.75 Å². The summed E-state index contributed by atoms with van der Waals surface area (Å²) >= 11 is 0. The fraction of sp³-hybridized carbons (Fsp3) is 0.619. The second-order valence-corrected chi connectivity index (χ2v) is 8.36. The highest BCUT2D eigenvalue weighted by Crippen LogP contribution is 2.55. The molecule has 1 aromatic carbocycles. The number of rotatable bonds is 6. The first kappa shape index (κ1) is 17.4. The maximum absolute atomic E-state index is 12.5. The van der Waals surface area contributed by atoms with Crippen molar-refractivity contribution in [3.63, 3.8) is 0 Å². The Bertz CT molecular complexity index is 665. The molecule has 140 valence electrons. The van der Waals surface area contributed by atoms with E-state index in [1.807, 2.05) is 13.0 Å². The van der Waals surface area contributed by atoms with Gasteiger partial charge in [0.05, 0.1) is 18.7 Å². The molecule has 0 unspecified atom stereocenters. The fourth-order valence-electron chi connectivity index (χ4n) is 5.80. The summed E-state index contributed by atoms with van der Waals surface area (Å²) in [6.07, 6.45) is 7.39. The van der Waals surface area contributed by atoms with Crippen molar-refractivity contribution in [2.75, 3.05) is 13.2 Å². The van der Waals surface area contributed by atoms with Gasteiger partial charge in [0.25, 0.3) is 5.91 Å². The predicted molar refractivity (Wildman–Crippen MR) is 99.0 cm³/mol. The Hall–Kier alpha value is -2.04. The van der Waals surface area contributed by atoms with Crippen LogP contribution in [-0.2, 0) is 4.79 Å². The summed E-state index contributed by atoms with van der Waals surface area (Å²) in [5.74, 6) is 2.57. The molecular weight excluding hydrogens is 328 g/mol. The minimum atomic E-state index is -0.269. The van der Waals surface area contributed by atoms with Crippen LogP contribution in [0.4, 0.5) is 0 Å². The number of amides is 2. The summed E-state index contributed by atoms with van der Waals surface area (Å²) in [7, 11) is 0. The molecule has 2 amide bonds. The van der Waals surface area contributed by atoms with E-state index in [4.69, 9.17) is 4.74 Å². The lowest BCUT2D eigenvalue weighted by Crippen LogP contribution is -2.61. The van der Waals surface area contributed by atoms with Gasteiger partial charge < -0.3 is 15.4 Å². The average Bonchev–Trinajstić information content (AvgIpc) is 2.59. The lowest BCUT2D eigenvalue weighted by molar-refractivity contribution is -0.125. The molecule has 4 aliphatic rings. The van der Waals surface area contributed by atoms with E-state index in [-0.39, 0.29) is 23.9 Å². The molecule has 0 radical (unpaired) electrons. The number of ether oxygens (including phenoxy) is 1. The molecule has 4 bridgehead atoms. The first-order valence-electron chi connectivity index (χ1n) is 9.88. The maximum atomic E-state index is 12.5. The number of para-hydroxylation sites is 1. The summed E-state index contributed by atoms with van der Waals surface area (Å²) in [5.41, 5.74) is 0.455. The van der Waals surface area contributed by atoms with Crippen molar-refractivity contribution in [2.24, 2.45) is 17.8 Å². The summed E-state index contributed by atoms with van der Waals surface area (Å²) in [6, 6.07) is 7.12. The molecule has 0 heterocycles. The van der Waals surface area contributed by atoms with E-state index in [9.17, 15) is 9.59 Å². The molecule has 5 rings (SSSR count). The van der Waals surface area contributed by atoms with Gasteiger partial charge in [-0.25, -0.2) is 0 Å². The second kappa shape index (κ2) is 6.93. The third-order valence-electron chi connectivity index (χ3n) is 6.28. The van der Waals surface area contributed by atoms with Crippen LogP contribution in [0.2, 0.25) is 0 Å². The minimum absolute atomic E-state index is 0.0141. The Morgan fingerprint density at radius 2 is 1.69 bits per heavy atom. The molecule has 0 saturated heterocycles. The van der Waals surface area contributed by atoms with Crippen molar-refractivity contribution in [1.29, 1.82) is 0 Å². The quantitative estimate of drug-likeness (QED) is 0.824. The van der Waals surface area contributed by atoms with Crippen LogP contribution in [0, 0.1) is 17.8 Å². The summed E-state index contributed by atoms with van der Waals surface area (Å²) in [4.78, 5) is 25.0. The summed E-state index contributed by atoms with van der Waals surface area (Å²) in [5, 5.41) is 6.04. The van der Waals surface area contributed by atoms with Crippen LogP contribution in [0.25, 0.3) is 0 Å². The van der Waals surface area contributed by atoms with E-state index in [1.54, 1.807) is 18.2 Å². The molecule has 4 saturated carbocycles. The zero-order valence-corrected chi connectivity index (χ0v) is 15.4. The third kappa shape index (κ3) is 3.44. The topological polar surface area (TPSA) is 67.4 Å². The average molecular weight is 356 g/mol.